The maximum atomic E-state index is 12.2. The van der Waals surface area contributed by atoms with Gasteiger partial charge in [0.1, 0.15) is 0 Å². The SMILES string of the molecule is O=C(/C=C/c1ccc(-n2ccnc2)cc1)Nc1ccc2c(c1)C(=O)CCC2. The third kappa shape index (κ3) is 3.87. The van der Waals surface area contributed by atoms with Gasteiger partial charge in [0.15, 0.2) is 5.78 Å². The number of hydrogen-bond donors (Lipinski definition) is 1. The van der Waals surface area contributed by atoms with Gasteiger partial charge in [-0.2, -0.15) is 0 Å². The first-order chi connectivity index (χ1) is 13.2. The molecule has 0 saturated carbocycles. The van der Waals surface area contributed by atoms with Crippen molar-refractivity contribution in [3.63, 3.8) is 0 Å². The molecule has 1 N–H and O–H groups in total. The van der Waals surface area contributed by atoms with E-state index in [4.69, 9.17) is 0 Å². The summed E-state index contributed by atoms with van der Waals surface area (Å²) in [5.74, 6) is -0.0715. The standard InChI is InChI=1S/C22H19N3O2/c26-21-3-1-2-17-7-8-18(14-20(17)21)24-22(27)11-6-16-4-9-19(10-5-16)25-13-12-23-15-25/h4-15H,1-3H2,(H,24,27)/b11-6+. The van der Waals surface area contributed by atoms with E-state index in [1.54, 1.807) is 24.7 Å². The summed E-state index contributed by atoms with van der Waals surface area (Å²) >= 11 is 0. The number of nitrogens with one attached hydrogen (secondary N) is 1. The highest BCUT2D eigenvalue weighted by Gasteiger charge is 2.17. The molecular weight excluding hydrogens is 338 g/mol. The van der Waals surface area contributed by atoms with Crippen molar-refractivity contribution in [2.24, 2.45) is 0 Å². The number of fused-ring (bicyclic) bond motifs is 1. The Hall–Kier alpha value is -3.47. The zero-order valence-electron chi connectivity index (χ0n) is 14.8. The van der Waals surface area contributed by atoms with E-state index in [9.17, 15) is 9.59 Å². The number of aromatic nitrogens is 2. The topological polar surface area (TPSA) is 64.0 Å². The van der Waals surface area contributed by atoms with Gasteiger partial charge in [0.25, 0.3) is 0 Å². The third-order valence-electron chi connectivity index (χ3n) is 4.65. The van der Waals surface area contributed by atoms with Crippen LogP contribution in [0.3, 0.4) is 0 Å². The number of amides is 1. The Morgan fingerprint density at radius 2 is 1.96 bits per heavy atom. The molecule has 0 aliphatic heterocycles. The summed E-state index contributed by atoms with van der Waals surface area (Å²) in [5.41, 5.74) is 4.38. The number of carbonyl (C=O) groups is 2. The van der Waals surface area contributed by atoms with Crippen LogP contribution in [0.25, 0.3) is 11.8 Å². The lowest BCUT2D eigenvalue weighted by atomic mass is 9.90. The Balaban J connectivity index is 1.42. The van der Waals surface area contributed by atoms with Crippen molar-refractivity contribution in [1.82, 2.24) is 9.55 Å². The van der Waals surface area contributed by atoms with Crippen molar-refractivity contribution in [3.8, 4) is 5.69 Å². The van der Waals surface area contributed by atoms with E-state index in [1.807, 2.05) is 47.2 Å². The van der Waals surface area contributed by atoms with Gasteiger partial charge in [0.2, 0.25) is 5.91 Å². The van der Waals surface area contributed by atoms with Crippen LogP contribution in [0.4, 0.5) is 5.69 Å². The molecule has 1 aliphatic rings. The Morgan fingerprint density at radius 1 is 1.11 bits per heavy atom. The minimum atomic E-state index is -0.225. The lowest BCUT2D eigenvalue weighted by molar-refractivity contribution is -0.111. The van der Waals surface area contributed by atoms with E-state index in [-0.39, 0.29) is 11.7 Å². The smallest absolute Gasteiger partial charge is 0.248 e. The number of rotatable bonds is 4. The largest absolute Gasteiger partial charge is 0.322 e. The van der Waals surface area contributed by atoms with E-state index < -0.39 is 0 Å². The van der Waals surface area contributed by atoms with Crippen LogP contribution >= 0.6 is 0 Å². The molecule has 27 heavy (non-hydrogen) atoms. The maximum Gasteiger partial charge on any atom is 0.248 e. The number of ketones is 1. The Bertz CT molecular complexity index is 1000. The normalized spacial score (nSPS) is 13.6. The molecule has 1 aromatic heterocycles. The number of nitrogens with zero attached hydrogens (tertiary/aromatic N) is 2. The molecule has 0 radical (unpaired) electrons. The summed E-state index contributed by atoms with van der Waals surface area (Å²) in [6, 6.07) is 13.4. The van der Waals surface area contributed by atoms with E-state index in [1.165, 1.54) is 6.08 Å². The summed E-state index contributed by atoms with van der Waals surface area (Å²) in [5, 5.41) is 2.83. The molecule has 1 heterocycles. The van der Waals surface area contributed by atoms with Gasteiger partial charge >= 0.3 is 0 Å². The summed E-state index contributed by atoms with van der Waals surface area (Å²) < 4.78 is 1.91. The highest BCUT2D eigenvalue weighted by molar-refractivity contribution is 6.04. The molecule has 1 amide bonds. The molecule has 5 nitrogen and oxygen atoms in total. The number of anilines is 1. The quantitative estimate of drug-likeness (QED) is 0.717. The maximum absolute atomic E-state index is 12.2. The Morgan fingerprint density at radius 3 is 2.74 bits per heavy atom. The second kappa shape index (κ2) is 7.41. The molecule has 0 fully saturated rings. The van der Waals surface area contributed by atoms with Gasteiger partial charge in [-0.1, -0.05) is 18.2 Å². The molecule has 0 atom stereocenters. The second-order valence-electron chi connectivity index (χ2n) is 6.53. The highest BCUT2D eigenvalue weighted by atomic mass is 16.1. The zero-order chi connectivity index (χ0) is 18.6. The molecule has 134 valence electrons. The molecular formula is C22H19N3O2. The van der Waals surface area contributed by atoms with E-state index >= 15 is 0 Å². The van der Waals surface area contributed by atoms with Crippen LogP contribution in [0.2, 0.25) is 0 Å². The Kier molecular flexibility index (Phi) is 4.66. The number of hydrogen-bond acceptors (Lipinski definition) is 3. The molecule has 4 rings (SSSR count). The molecule has 2 aromatic carbocycles. The first-order valence-electron chi connectivity index (χ1n) is 8.93. The van der Waals surface area contributed by atoms with Crippen molar-refractivity contribution in [2.45, 2.75) is 19.3 Å². The predicted molar refractivity (Wildman–Crippen MR) is 105 cm³/mol. The summed E-state index contributed by atoms with van der Waals surface area (Å²) in [7, 11) is 0. The second-order valence-corrected chi connectivity index (χ2v) is 6.53. The number of Topliss-reactive ketones (excluding diaryl/α,β-unsaturated/α-hetero) is 1. The van der Waals surface area contributed by atoms with Gasteiger partial charge in [0, 0.05) is 41.8 Å². The van der Waals surface area contributed by atoms with Gasteiger partial charge in [-0.05, 0) is 54.3 Å². The minimum Gasteiger partial charge on any atom is -0.322 e. The monoisotopic (exact) mass is 357 g/mol. The predicted octanol–water partition coefficient (Wildman–Crippen LogP) is 4.04. The lowest BCUT2D eigenvalue weighted by Crippen LogP contribution is -2.13. The summed E-state index contributed by atoms with van der Waals surface area (Å²) in [4.78, 5) is 28.2. The molecule has 5 heteroatoms. The first-order valence-corrected chi connectivity index (χ1v) is 8.93. The van der Waals surface area contributed by atoms with Gasteiger partial charge in [-0.25, -0.2) is 4.98 Å². The number of aryl methyl sites for hydroxylation is 1. The number of carbonyl (C=O) groups excluding carboxylic acids is 2. The van der Waals surface area contributed by atoms with Crippen LogP contribution in [0, 0.1) is 0 Å². The van der Waals surface area contributed by atoms with Crippen molar-refractivity contribution in [2.75, 3.05) is 5.32 Å². The fourth-order valence-corrected chi connectivity index (χ4v) is 3.23. The van der Waals surface area contributed by atoms with Crippen LogP contribution in [0.1, 0.15) is 34.3 Å². The van der Waals surface area contributed by atoms with Gasteiger partial charge in [0.05, 0.1) is 6.33 Å². The average molecular weight is 357 g/mol. The first kappa shape index (κ1) is 17.0. The van der Waals surface area contributed by atoms with Crippen molar-refractivity contribution in [1.29, 1.82) is 0 Å². The Labute approximate surface area is 157 Å². The molecule has 1 aliphatic carbocycles. The zero-order valence-corrected chi connectivity index (χ0v) is 14.8. The highest BCUT2D eigenvalue weighted by Crippen LogP contribution is 2.24. The average Bonchev–Trinajstić information content (AvgIpc) is 3.22. The molecule has 0 unspecified atom stereocenters. The fourth-order valence-electron chi connectivity index (χ4n) is 3.23. The van der Waals surface area contributed by atoms with Crippen molar-refractivity contribution in [3.05, 3.63) is 84.0 Å². The van der Waals surface area contributed by atoms with Gasteiger partial charge in [-0.3, -0.25) is 9.59 Å². The van der Waals surface area contributed by atoms with Gasteiger partial charge in [-0.15, -0.1) is 0 Å². The van der Waals surface area contributed by atoms with Gasteiger partial charge < -0.3 is 9.88 Å². The molecule has 0 spiro atoms. The lowest BCUT2D eigenvalue weighted by Gasteiger charge is -2.15. The number of imidazole rings is 1. The van der Waals surface area contributed by atoms with Crippen molar-refractivity contribution < 1.29 is 9.59 Å². The van der Waals surface area contributed by atoms with Crippen LogP contribution < -0.4 is 5.32 Å². The van der Waals surface area contributed by atoms with Crippen LogP contribution in [0.5, 0.6) is 0 Å². The molecule has 3 aromatic rings. The van der Waals surface area contributed by atoms with E-state index in [0.717, 1.165) is 35.2 Å². The molecule has 0 bridgehead atoms. The molecule has 0 saturated heterocycles. The fraction of sp³-hybridized carbons (Fsp3) is 0.136. The van der Waals surface area contributed by atoms with Crippen molar-refractivity contribution >= 4 is 23.5 Å². The van der Waals surface area contributed by atoms with Crippen LogP contribution in [-0.2, 0) is 11.2 Å². The van der Waals surface area contributed by atoms with Crippen LogP contribution in [0.15, 0.2) is 67.3 Å². The summed E-state index contributed by atoms with van der Waals surface area (Å²) in [6.07, 6.45) is 11.0. The van der Waals surface area contributed by atoms with E-state index in [2.05, 4.69) is 10.3 Å². The third-order valence-corrected chi connectivity index (χ3v) is 4.65. The van der Waals surface area contributed by atoms with Crippen LogP contribution in [-0.4, -0.2) is 21.2 Å². The van der Waals surface area contributed by atoms with E-state index in [0.29, 0.717) is 12.1 Å². The minimum absolute atomic E-state index is 0.154. The summed E-state index contributed by atoms with van der Waals surface area (Å²) in [6.45, 7) is 0. The number of benzene rings is 2.